The van der Waals surface area contributed by atoms with Crippen molar-refractivity contribution in [3.05, 3.63) is 45.9 Å². The van der Waals surface area contributed by atoms with Gasteiger partial charge in [-0.3, -0.25) is 0 Å². The van der Waals surface area contributed by atoms with Gasteiger partial charge in [-0.1, -0.05) is 6.07 Å². The zero-order valence-corrected chi connectivity index (χ0v) is 17.0. The van der Waals surface area contributed by atoms with Gasteiger partial charge in [-0.25, -0.2) is 0 Å². The quantitative estimate of drug-likeness (QED) is 0.660. The minimum atomic E-state index is -0.385. The number of halogens is 1. The van der Waals surface area contributed by atoms with E-state index in [0.29, 0.717) is 44.4 Å². The van der Waals surface area contributed by atoms with Crippen molar-refractivity contribution in [3.63, 3.8) is 0 Å². The van der Waals surface area contributed by atoms with Crippen LogP contribution in [-0.2, 0) is 13.2 Å². The Morgan fingerprint density at radius 2 is 1.93 bits per heavy atom. The Morgan fingerprint density at radius 1 is 1.15 bits per heavy atom. The molecule has 1 heterocycles. The van der Waals surface area contributed by atoms with E-state index in [4.69, 9.17) is 18.9 Å². The van der Waals surface area contributed by atoms with E-state index in [1.807, 2.05) is 30.3 Å². The molecular weight excluding hydrogens is 414 g/mol. The van der Waals surface area contributed by atoms with Crippen molar-refractivity contribution in [2.75, 3.05) is 26.9 Å². The summed E-state index contributed by atoms with van der Waals surface area (Å²) in [6.45, 7) is 4.42. The van der Waals surface area contributed by atoms with Crippen LogP contribution in [0.3, 0.4) is 0 Å². The number of nitrogens with one attached hydrogen (secondary N) is 1. The van der Waals surface area contributed by atoms with E-state index in [0.717, 1.165) is 27.1 Å². The molecule has 146 valence electrons. The van der Waals surface area contributed by atoms with Gasteiger partial charge in [0.05, 0.1) is 17.7 Å². The van der Waals surface area contributed by atoms with Crippen LogP contribution in [0.2, 0.25) is 0 Å². The summed E-state index contributed by atoms with van der Waals surface area (Å²) in [5, 5.41) is 12.5. The predicted octanol–water partition coefficient (Wildman–Crippen LogP) is 3.28. The summed E-state index contributed by atoms with van der Waals surface area (Å²) in [6, 6.07) is 9.71. The van der Waals surface area contributed by atoms with Crippen molar-refractivity contribution in [2.45, 2.75) is 26.2 Å². The molecule has 0 saturated heterocycles. The van der Waals surface area contributed by atoms with Crippen LogP contribution < -0.4 is 24.3 Å². The summed E-state index contributed by atoms with van der Waals surface area (Å²) >= 11 is 3.57. The third-order valence-electron chi connectivity index (χ3n) is 4.05. The standard InChI is InChI=1S/C20H24BrNO5/c1-13(23)10-22-11-15-7-16(21)20(19(9-15)24-2)27-12-14-3-4-17-18(8-14)26-6-5-25-17/h3-4,7-9,13,22-23H,5-6,10-12H2,1-2H3. The highest BCUT2D eigenvalue weighted by atomic mass is 79.9. The second kappa shape index (κ2) is 9.30. The summed E-state index contributed by atoms with van der Waals surface area (Å²) in [5.74, 6) is 2.80. The topological polar surface area (TPSA) is 69.2 Å². The van der Waals surface area contributed by atoms with E-state index in [-0.39, 0.29) is 6.10 Å². The van der Waals surface area contributed by atoms with Crippen LogP contribution in [0, 0.1) is 0 Å². The lowest BCUT2D eigenvalue weighted by atomic mass is 10.2. The zero-order chi connectivity index (χ0) is 19.2. The molecule has 1 unspecified atom stereocenters. The first-order valence-corrected chi connectivity index (χ1v) is 9.62. The predicted molar refractivity (Wildman–Crippen MR) is 106 cm³/mol. The number of benzene rings is 2. The van der Waals surface area contributed by atoms with Gasteiger partial charge < -0.3 is 29.4 Å². The van der Waals surface area contributed by atoms with Gasteiger partial charge in [-0.05, 0) is 58.2 Å². The van der Waals surface area contributed by atoms with Crippen LogP contribution in [0.1, 0.15) is 18.1 Å². The molecule has 0 amide bonds. The van der Waals surface area contributed by atoms with Crippen LogP contribution in [0.15, 0.2) is 34.8 Å². The lowest BCUT2D eigenvalue weighted by molar-refractivity contribution is 0.171. The van der Waals surface area contributed by atoms with Crippen molar-refractivity contribution < 1.29 is 24.1 Å². The molecular formula is C20H24BrNO5. The molecule has 0 aromatic heterocycles. The van der Waals surface area contributed by atoms with E-state index < -0.39 is 0 Å². The largest absolute Gasteiger partial charge is 0.493 e. The van der Waals surface area contributed by atoms with Gasteiger partial charge in [0.15, 0.2) is 23.0 Å². The molecule has 2 N–H and O–H groups in total. The lowest BCUT2D eigenvalue weighted by Gasteiger charge is -2.19. The molecule has 2 aromatic rings. The van der Waals surface area contributed by atoms with E-state index >= 15 is 0 Å². The molecule has 3 rings (SSSR count). The van der Waals surface area contributed by atoms with Crippen molar-refractivity contribution in [1.82, 2.24) is 5.32 Å². The molecule has 1 aliphatic rings. The number of fused-ring (bicyclic) bond motifs is 1. The van der Waals surface area contributed by atoms with E-state index in [1.54, 1.807) is 14.0 Å². The maximum absolute atomic E-state index is 9.35. The summed E-state index contributed by atoms with van der Waals surface area (Å²) in [5.41, 5.74) is 2.02. The first kappa shape index (κ1) is 19.8. The highest BCUT2D eigenvalue weighted by Gasteiger charge is 2.15. The average molecular weight is 438 g/mol. The SMILES string of the molecule is COc1cc(CNCC(C)O)cc(Br)c1OCc1ccc2c(c1)OCCO2. The highest BCUT2D eigenvalue weighted by molar-refractivity contribution is 9.10. The van der Waals surface area contributed by atoms with Gasteiger partial charge in [0, 0.05) is 13.1 Å². The Labute approximate surface area is 167 Å². The fourth-order valence-electron chi connectivity index (χ4n) is 2.77. The molecule has 2 aromatic carbocycles. The van der Waals surface area contributed by atoms with Crippen LogP contribution >= 0.6 is 15.9 Å². The van der Waals surface area contributed by atoms with Gasteiger partial charge in [0.2, 0.25) is 0 Å². The van der Waals surface area contributed by atoms with Crippen molar-refractivity contribution >= 4 is 15.9 Å². The maximum atomic E-state index is 9.35. The normalized spacial score (nSPS) is 13.9. The molecule has 0 aliphatic carbocycles. The van der Waals surface area contributed by atoms with E-state index in [9.17, 15) is 5.11 Å². The number of aliphatic hydroxyl groups is 1. The number of ether oxygens (including phenoxy) is 4. The summed E-state index contributed by atoms with van der Waals surface area (Å²) in [7, 11) is 1.62. The Morgan fingerprint density at radius 3 is 2.67 bits per heavy atom. The molecule has 6 nitrogen and oxygen atoms in total. The number of aliphatic hydroxyl groups excluding tert-OH is 1. The van der Waals surface area contributed by atoms with Crippen molar-refractivity contribution in [1.29, 1.82) is 0 Å². The average Bonchev–Trinajstić information content (AvgIpc) is 2.66. The molecule has 0 radical (unpaired) electrons. The van der Waals surface area contributed by atoms with Gasteiger partial charge in [-0.2, -0.15) is 0 Å². The Bertz CT molecular complexity index is 781. The highest BCUT2D eigenvalue weighted by Crippen LogP contribution is 2.38. The van der Waals surface area contributed by atoms with Crippen LogP contribution in [-0.4, -0.2) is 38.1 Å². The fraction of sp³-hybridized carbons (Fsp3) is 0.400. The number of hydrogen-bond acceptors (Lipinski definition) is 6. The molecule has 0 saturated carbocycles. The maximum Gasteiger partial charge on any atom is 0.175 e. The summed E-state index contributed by atoms with van der Waals surface area (Å²) in [6.07, 6.45) is -0.385. The van der Waals surface area contributed by atoms with E-state index in [2.05, 4.69) is 21.2 Å². The molecule has 0 fully saturated rings. The van der Waals surface area contributed by atoms with Gasteiger partial charge >= 0.3 is 0 Å². The van der Waals surface area contributed by atoms with Crippen LogP contribution in [0.25, 0.3) is 0 Å². The minimum absolute atomic E-state index is 0.380. The second-order valence-electron chi connectivity index (χ2n) is 6.36. The van der Waals surface area contributed by atoms with Gasteiger partial charge in [-0.15, -0.1) is 0 Å². The summed E-state index contributed by atoms with van der Waals surface area (Å²) < 4.78 is 23.5. The van der Waals surface area contributed by atoms with E-state index in [1.165, 1.54) is 0 Å². The monoisotopic (exact) mass is 437 g/mol. The molecule has 0 bridgehead atoms. The van der Waals surface area contributed by atoms with Gasteiger partial charge in [0.1, 0.15) is 19.8 Å². The molecule has 7 heteroatoms. The molecule has 1 atom stereocenters. The van der Waals surface area contributed by atoms with Crippen LogP contribution in [0.4, 0.5) is 0 Å². The Hall–Kier alpha value is -1.96. The number of methoxy groups -OCH3 is 1. The Kier molecular flexibility index (Phi) is 6.82. The summed E-state index contributed by atoms with van der Waals surface area (Å²) in [4.78, 5) is 0. The fourth-order valence-corrected chi connectivity index (χ4v) is 3.38. The zero-order valence-electron chi connectivity index (χ0n) is 15.5. The van der Waals surface area contributed by atoms with Crippen molar-refractivity contribution in [3.8, 4) is 23.0 Å². The third-order valence-corrected chi connectivity index (χ3v) is 4.64. The van der Waals surface area contributed by atoms with Gasteiger partial charge in [0.25, 0.3) is 0 Å². The first-order chi connectivity index (χ1) is 13.1. The number of rotatable bonds is 8. The smallest absolute Gasteiger partial charge is 0.175 e. The second-order valence-corrected chi connectivity index (χ2v) is 7.21. The Balaban J connectivity index is 1.68. The van der Waals surface area contributed by atoms with Crippen LogP contribution in [0.5, 0.6) is 23.0 Å². The number of hydrogen-bond donors (Lipinski definition) is 2. The molecule has 1 aliphatic heterocycles. The first-order valence-electron chi connectivity index (χ1n) is 8.83. The minimum Gasteiger partial charge on any atom is -0.493 e. The third kappa shape index (κ3) is 5.28. The van der Waals surface area contributed by atoms with Crippen molar-refractivity contribution in [2.24, 2.45) is 0 Å². The molecule has 0 spiro atoms. The lowest BCUT2D eigenvalue weighted by Crippen LogP contribution is -2.23. The molecule has 27 heavy (non-hydrogen) atoms.